The Kier molecular flexibility index (Phi) is 5.27. The van der Waals surface area contributed by atoms with Crippen LogP contribution >= 0.6 is 15.9 Å². The van der Waals surface area contributed by atoms with Gasteiger partial charge >= 0.3 is 6.18 Å². The summed E-state index contributed by atoms with van der Waals surface area (Å²) in [6.07, 6.45) is -4.68. The van der Waals surface area contributed by atoms with E-state index in [1.165, 1.54) is 6.07 Å². The van der Waals surface area contributed by atoms with Crippen LogP contribution in [0.3, 0.4) is 0 Å². The van der Waals surface area contributed by atoms with E-state index >= 15 is 0 Å². The standard InChI is InChI=1S/C20H17BrF3N5O/c1-11-3-2-4-17(25-11)27-19(30)15-10-18-26-14(12-5-7-13(21)8-6-12)9-16(20(22,23)24)29(18)28-15/h2-8,10,14,16H,9H2,1H3,(H2,25,26,27,28,30)/p+1. The molecule has 3 aromatic rings. The first-order chi connectivity index (χ1) is 14.2. The number of aryl methyl sites for hydroxylation is 1. The maximum Gasteiger partial charge on any atom is 0.431 e. The minimum absolute atomic E-state index is 0.00603. The normalized spacial score (nSPS) is 18.4. The van der Waals surface area contributed by atoms with Crippen molar-refractivity contribution in [2.24, 2.45) is 0 Å². The van der Waals surface area contributed by atoms with E-state index in [1.54, 1.807) is 49.4 Å². The highest BCUT2D eigenvalue weighted by Crippen LogP contribution is 2.39. The Morgan fingerprint density at radius 2 is 1.97 bits per heavy atom. The van der Waals surface area contributed by atoms with Crippen molar-refractivity contribution in [2.45, 2.75) is 31.6 Å². The summed E-state index contributed by atoms with van der Waals surface area (Å²) in [5.74, 6) is -0.0533. The molecule has 3 heterocycles. The number of H-pyrrole nitrogens is 1. The average Bonchev–Trinajstić information content (AvgIpc) is 3.11. The number of carbonyl (C=O) groups excluding carboxylic acids is 1. The topological polar surface area (TPSA) is 73.7 Å². The summed E-state index contributed by atoms with van der Waals surface area (Å²) in [5.41, 5.74) is 1.45. The van der Waals surface area contributed by atoms with Gasteiger partial charge in [0.05, 0.1) is 6.07 Å². The molecule has 4 rings (SSSR count). The summed E-state index contributed by atoms with van der Waals surface area (Å²) in [4.78, 5) is 16.8. The highest BCUT2D eigenvalue weighted by molar-refractivity contribution is 9.10. The summed E-state index contributed by atoms with van der Waals surface area (Å²) in [5, 5.41) is 8.30. The molecule has 0 bridgehead atoms. The van der Waals surface area contributed by atoms with Crippen molar-refractivity contribution < 1.29 is 22.6 Å². The second-order valence-electron chi connectivity index (χ2n) is 7.08. The number of amides is 1. The van der Waals surface area contributed by atoms with Gasteiger partial charge in [0.25, 0.3) is 11.7 Å². The number of hydrogen-bond donors (Lipinski definition) is 3. The molecule has 0 fully saturated rings. The fourth-order valence-electron chi connectivity index (χ4n) is 3.46. The Morgan fingerprint density at radius 1 is 1.23 bits per heavy atom. The van der Waals surface area contributed by atoms with E-state index in [9.17, 15) is 18.0 Å². The van der Waals surface area contributed by atoms with Gasteiger partial charge in [0, 0.05) is 16.6 Å². The second kappa shape index (κ2) is 7.75. The van der Waals surface area contributed by atoms with Crippen LogP contribution in [0.4, 0.5) is 24.8 Å². The maximum absolute atomic E-state index is 13.8. The molecule has 1 amide bonds. The fourth-order valence-corrected chi connectivity index (χ4v) is 3.72. The number of rotatable bonds is 3. The summed E-state index contributed by atoms with van der Waals surface area (Å²) < 4.78 is 43.2. The zero-order valence-electron chi connectivity index (χ0n) is 15.8. The molecule has 0 spiro atoms. The van der Waals surface area contributed by atoms with Gasteiger partial charge in [-0.3, -0.25) is 10.1 Å². The Bertz CT molecular complexity index is 1080. The predicted molar refractivity (Wildman–Crippen MR) is 108 cm³/mol. The number of pyridine rings is 1. The smallest absolute Gasteiger partial charge is 0.305 e. The SMILES string of the molecule is Cc1cccc(NC(=O)c2cc3[n+]([nH]2)C(C(F)(F)F)CC(c2ccc(Br)cc2)N3)n1. The second-order valence-corrected chi connectivity index (χ2v) is 8.00. The Labute approximate surface area is 178 Å². The lowest BCUT2D eigenvalue weighted by atomic mass is 9.97. The largest absolute Gasteiger partial charge is 0.431 e. The molecule has 1 aromatic carbocycles. The summed E-state index contributed by atoms with van der Waals surface area (Å²) in [7, 11) is 0. The number of benzene rings is 1. The molecule has 10 heteroatoms. The van der Waals surface area contributed by atoms with Crippen LogP contribution in [0.5, 0.6) is 0 Å². The lowest BCUT2D eigenvalue weighted by Gasteiger charge is -2.27. The zero-order valence-corrected chi connectivity index (χ0v) is 17.4. The van der Waals surface area contributed by atoms with Crippen LogP contribution in [0.1, 0.15) is 40.3 Å². The fraction of sp³-hybridized carbons (Fsp3) is 0.250. The number of aromatic nitrogens is 3. The molecule has 0 saturated heterocycles. The molecule has 156 valence electrons. The molecule has 2 aromatic heterocycles. The van der Waals surface area contributed by atoms with Crippen LogP contribution in [0.15, 0.2) is 53.0 Å². The van der Waals surface area contributed by atoms with Crippen molar-refractivity contribution in [3.63, 3.8) is 0 Å². The number of aromatic amines is 1. The third-order valence-electron chi connectivity index (χ3n) is 4.90. The van der Waals surface area contributed by atoms with Crippen LogP contribution in [0, 0.1) is 6.92 Å². The molecular weight excluding hydrogens is 463 g/mol. The molecule has 0 radical (unpaired) electrons. The van der Waals surface area contributed by atoms with Crippen molar-refractivity contribution in [2.75, 3.05) is 10.6 Å². The summed E-state index contributed by atoms with van der Waals surface area (Å²) in [6, 6.07) is 11.3. The number of nitrogens with zero attached hydrogens (tertiary/aromatic N) is 2. The molecule has 1 aliphatic heterocycles. The van der Waals surface area contributed by atoms with E-state index < -0.39 is 24.2 Å². The van der Waals surface area contributed by atoms with Crippen LogP contribution in [-0.4, -0.2) is 22.2 Å². The number of fused-ring (bicyclic) bond motifs is 1. The molecule has 2 unspecified atom stereocenters. The van der Waals surface area contributed by atoms with E-state index in [1.807, 2.05) is 0 Å². The van der Waals surface area contributed by atoms with Gasteiger partial charge < -0.3 is 5.32 Å². The molecule has 3 N–H and O–H groups in total. The van der Waals surface area contributed by atoms with Gasteiger partial charge in [0.2, 0.25) is 6.04 Å². The van der Waals surface area contributed by atoms with Crippen molar-refractivity contribution >= 4 is 33.5 Å². The van der Waals surface area contributed by atoms with Gasteiger partial charge in [-0.2, -0.15) is 13.2 Å². The van der Waals surface area contributed by atoms with Crippen LogP contribution in [0.2, 0.25) is 0 Å². The first kappa shape index (κ1) is 20.4. The summed E-state index contributed by atoms with van der Waals surface area (Å²) in [6.45, 7) is 1.78. The van der Waals surface area contributed by atoms with E-state index in [0.717, 1.165) is 14.7 Å². The Morgan fingerprint density at radius 3 is 2.63 bits per heavy atom. The van der Waals surface area contributed by atoms with Crippen molar-refractivity contribution in [1.29, 1.82) is 0 Å². The van der Waals surface area contributed by atoms with Crippen LogP contribution in [-0.2, 0) is 0 Å². The number of nitrogens with one attached hydrogen (secondary N) is 3. The maximum atomic E-state index is 13.8. The van der Waals surface area contributed by atoms with E-state index in [0.29, 0.717) is 11.5 Å². The number of carbonyl (C=O) groups is 1. The minimum atomic E-state index is -4.48. The highest BCUT2D eigenvalue weighted by atomic mass is 79.9. The van der Waals surface area contributed by atoms with Crippen molar-refractivity contribution in [1.82, 2.24) is 10.1 Å². The quantitative estimate of drug-likeness (QED) is 0.476. The van der Waals surface area contributed by atoms with Crippen LogP contribution < -0.4 is 15.3 Å². The molecule has 0 aliphatic carbocycles. The molecule has 2 atom stereocenters. The van der Waals surface area contributed by atoms with Gasteiger partial charge in [-0.15, -0.1) is 4.68 Å². The van der Waals surface area contributed by atoms with Gasteiger partial charge in [0.15, 0.2) is 0 Å². The summed E-state index contributed by atoms with van der Waals surface area (Å²) >= 11 is 3.33. The van der Waals surface area contributed by atoms with Crippen molar-refractivity contribution in [3.05, 3.63) is 70.0 Å². The van der Waals surface area contributed by atoms with E-state index in [-0.39, 0.29) is 17.9 Å². The lowest BCUT2D eigenvalue weighted by Crippen LogP contribution is -2.54. The van der Waals surface area contributed by atoms with Crippen LogP contribution in [0.25, 0.3) is 0 Å². The first-order valence-electron chi connectivity index (χ1n) is 9.19. The number of halogens is 4. The monoisotopic (exact) mass is 480 g/mol. The predicted octanol–water partition coefficient (Wildman–Crippen LogP) is 4.68. The van der Waals surface area contributed by atoms with E-state index in [4.69, 9.17) is 0 Å². The molecule has 1 aliphatic rings. The lowest BCUT2D eigenvalue weighted by molar-refractivity contribution is -0.787. The van der Waals surface area contributed by atoms with Gasteiger partial charge in [-0.1, -0.05) is 34.1 Å². The van der Waals surface area contributed by atoms with E-state index in [2.05, 4.69) is 36.6 Å². The Hall–Kier alpha value is -2.88. The van der Waals surface area contributed by atoms with Gasteiger partial charge in [0.1, 0.15) is 17.6 Å². The molecule has 0 saturated carbocycles. The number of alkyl halides is 3. The minimum Gasteiger partial charge on any atom is -0.305 e. The van der Waals surface area contributed by atoms with Gasteiger partial charge in [-0.25, -0.2) is 10.1 Å². The number of hydrogen-bond acceptors (Lipinski definition) is 3. The molecule has 6 nitrogen and oxygen atoms in total. The molecular formula is C20H18BrF3N5O+. The average molecular weight is 481 g/mol. The Balaban J connectivity index is 1.64. The van der Waals surface area contributed by atoms with Gasteiger partial charge in [-0.05, 0) is 36.8 Å². The first-order valence-corrected chi connectivity index (χ1v) is 9.98. The third-order valence-corrected chi connectivity index (χ3v) is 5.43. The third kappa shape index (κ3) is 4.18. The molecule has 30 heavy (non-hydrogen) atoms. The highest BCUT2D eigenvalue weighted by Gasteiger charge is 2.51. The number of anilines is 2. The van der Waals surface area contributed by atoms with Crippen molar-refractivity contribution in [3.8, 4) is 0 Å². The zero-order chi connectivity index (χ0) is 21.5.